The number of halogens is 6. The van der Waals surface area contributed by atoms with Gasteiger partial charge in [-0.1, -0.05) is 0 Å². The summed E-state index contributed by atoms with van der Waals surface area (Å²) in [6.45, 7) is 0. The Balaban J connectivity index is 3.15. The maximum absolute atomic E-state index is 12.2. The van der Waals surface area contributed by atoms with Gasteiger partial charge in [-0.2, -0.15) is 26.3 Å². The second kappa shape index (κ2) is 4.94. The molecule has 0 aliphatic heterocycles. The van der Waals surface area contributed by atoms with Gasteiger partial charge in [-0.3, -0.25) is 0 Å². The summed E-state index contributed by atoms with van der Waals surface area (Å²) in [4.78, 5) is 13.7. The summed E-state index contributed by atoms with van der Waals surface area (Å²) in [5, 5.41) is 8.60. The maximum Gasteiger partial charge on any atom is 0.434 e. The first-order valence-corrected chi connectivity index (χ1v) is 4.52. The standard InChI is InChI=1S/C9H5F6NO3/c10-8(11,12)7(9(13,14)15)19-5-4(6(17)18)2-1-3-16-5/h1-3,7H,(H,17,18). The van der Waals surface area contributed by atoms with E-state index in [1.807, 2.05) is 0 Å². The van der Waals surface area contributed by atoms with Crippen molar-refractivity contribution in [2.45, 2.75) is 18.5 Å². The Morgan fingerprint density at radius 3 is 2.16 bits per heavy atom. The molecule has 0 saturated carbocycles. The van der Waals surface area contributed by atoms with E-state index in [-0.39, 0.29) is 0 Å². The zero-order chi connectivity index (χ0) is 14.8. The van der Waals surface area contributed by atoms with E-state index in [1.165, 1.54) is 0 Å². The molecule has 0 atom stereocenters. The molecule has 10 heteroatoms. The second-order valence-electron chi connectivity index (χ2n) is 3.24. The monoisotopic (exact) mass is 289 g/mol. The lowest BCUT2D eigenvalue weighted by Gasteiger charge is -2.23. The molecule has 106 valence electrons. The fourth-order valence-electron chi connectivity index (χ4n) is 1.08. The lowest BCUT2D eigenvalue weighted by Crippen LogP contribution is -2.47. The number of carboxylic acids is 1. The minimum atomic E-state index is -5.74. The minimum Gasteiger partial charge on any atom is -0.477 e. The molecule has 0 aromatic carbocycles. The first kappa shape index (κ1) is 15.1. The predicted octanol–water partition coefficient (Wildman–Crippen LogP) is 2.65. The number of aromatic nitrogens is 1. The zero-order valence-corrected chi connectivity index (χ0v) is 8.79. The average molecular weight is 289 g/mol. The summed E-state index contributed by atoms with van der Waals surface area (Å²) in [6.07, 6.45) is -14.8. The predicted molar refractivity (Wildman–Crippen MR) is 47.7 cm³/mol. The molecule has 0 aliphatic rings. The van der Waals surface area contributed by atoms with Crippen LogP contribution in [-0.4, -0.2) is 34.5 Å². The van der Waals surface area contributed by atoms with E-state index in [2.05, 4.69) is 9.72 Å². The number of nitrogens with zero attached hydrogens (tertiary/aromatic N) is 1. The molecule has 4 nitrogen and oxygen atoms in total. The Morgan fingerprint density at radius 2 is 1.74 bits per heavy atom. The third-order valence-corrected chi connectivity index (χ3v) is 1.83. The zero-order valence-electron chi connectivity index (χ0n) is 8.79. The summed E-state index contributed by atoms with van der Waals surface area (Å²) in [7, 11) is 0. The number of alkyl halides is 6. The molecule has 0 aliphatic carbocycles. The van der Waals surface area contributed by atoms with Gasteiger partial charge < -0.3 is 9.84 Å². The maximum atomic E-state index is 12.2. The second-order valence-corrected chi connectivity index (χ2v) is 3.24. The highest BCUT2D eigenvalue weighted by Crippen LogP contribution is 2.36. The number of carboxylic acid groups (broad SMARTS) is 1. The van der Waals surface area contributed by atoms with Crippen molar-refractivity contribution in [1.82, 2.24) is 4.98 Å². The molecule has 19 heavy (non-hydrogen) atoms. The lowest BCUT2D eigenvalue weighted by atomic mass is 10.2. The third kappa shape index (κ3) is 3.73. The van der Waals surface area contributed by atoms with Crippen molar-refractivity contribution in [2.24, 2.45) is 0 Å². The van der Waals surface area contributed by atoms with Crippen LogP contribution in [0.15, 0.2) is 18.3 Å². The topological polar surface area (TPSA) is 59.4 Å². The normalized spacial score (nSPS) is 12.6. The van der Waals surface area contributed by atoms with Crippen molar-refractivity contribution >= 4 is 5.97 Å². The fraction of sp³-hybridized carbons (Fsp3) is 0.333. The lowest BCUT2D eigenvalue weighted by molar-refractivity contribution is -0.300. The summed E-state index contributed by atoms with van der Waals surface area (Å²) in [5.41, 5.74) is -0.902. The molecular formula is C9H5F6NO3. The van der Waals surface area contributed by atoms with E-state index in [0.29, 0.717) is 0 Å². The largest absolute Gasteiger partial charge is 0.477 e. The number of aromatic carboxylic acids is 1. The van der Waals surface area contributed by atoms with Gasteiger partial charge in [0.25, 0.3) is 6.10 Å². The Bertz CT molecular complexity index is 456. The highest BCUT2D eigenvalue weighted by molar-refractivity contribution is 5.90. The van der Waals surface area contributed by atoms with Crippen LogP contribution in [0.2, 0.25) is 0 Å². The van der Waals surface area contributed by atoms with E-state index < -0.39 is 35.9 Å². The van der Waals surface area contributed by atoms with Crippen LogP contribution >= 0.6 is 0 Å². The van der Waals surface area contributed by atoms with E-state index in [9.17, 15) is 31.1 Å². The van der Waals surface area contributed by atoms with Crippen LogP contribution in [0.3, 0.4) is 0 Å². The fourth-order valence-corrected chi connectivity index (χ4v) is 1.08. The van der Waals surface area contributed by atoms with Gasteiger partial charge >= 0.3 is 18.3 Å². The van der Waals surface area contributed by atoms with Gasteiger partial charge in [-0.15, -0.1) is 0 Å². The molecule has 0 fully saturated rings. The first-order valence-electron chi connectivity index (χ1n) is 4.52. The number of ether oxygens (including phenoxy) is 1. The van der Waals surface area contributed by atoms with Crippen LogP contribution in [0, 0.1) is 0 Å². The van der Waals surface area contributed by atoms with Gasteiger partial charge in [0.2, 0.25) is 5.88 Å². The van der Waals surface area contributed by atoms with E-state index in [1.54, 1.807) is 0 Å². The third-order valence-electron chi connectivity index (χ3n) is 1.83. The molecule has 1 rings (SSSR count). The molecule has 0 amide bonds. The van der Waals surface area contributed by atoms with Gasteiger partial charge in [-0.25, -0.2) is 9.78 Å². The molecule has 0 bridgehead atoms. The van der Waals surface area contributed by atoms with Crippen molar-refractivity contribution < 1.29 is 41.0 Å². The Labute approximate surface area is 101 Å². The highest BCUT2D eigenvalue weighted by atomic mass is 19.4. The molecule has 0 unspecified atom stereocenters. The van der Waals surface area contributed by atoms with Gasteiger partial charge in [0.1, 0.15) is 5.56 Å². The van der Waals surface area contributed by atoms with Gasteiger partial charge in [0.15, 0.2) is 0 Å². The smallest absolute Gasteiger partial charge is 0.434 e. The van der Waals surface area contributed by atoms with E-state index in [4.69, 9.17) is 5.11 Å². The van der Waals surface area contributed by atoms with Gasteiger partial charge in [0, 0.05) is 6.20 Å². The minimum absolute atomic E-state index is 0.772. The van der Waals surface area contributed by atoms with Crippen molar-refractivity contribution in [2.75, 3.05) is 0 Å². The van der Waals surface area contributed by atoms with Crippen molar-refractivity contribution in [3.8, 4) is 5.88 Å². The Morgan fingerprint density at radius 1 is 1.21 bits per heavy atom. The first-order chi connectivity index (χ1) is 8.53. The summed E-state index contributed by atoms with van der Waals surface area (Å²) in [5.74, 6) is -3.01. The summed E-state index contributed by atoms with van der Waals surface area (Å²) in [6, 6.07) is 1.81. The van der Waals surface area contributed by atoms with Crippen LogP contribution in [0.5, 0.6) is 5.88 Å². The van der Waals surface area contributed by atoms with Gasteiger partial charge in [0.05, 0.1) is 0 Å². The Kier molecular flexibility index (Phi) is 3.91. The van der Waals surface area contributed by atoms with Crippen LogP contribution in [0.4, 0.5) is 26.3 Å². The molecular weight excluding hydrogens is 284 g/mol. The van der Waals surface area contributed by atoms with Crippen LogP contribution in [0.25, 0.3) is 0 Å². The number of hydrogen-bond donors (Lipinski definition) is 1. The van der Waals surface area contributed by atoms with E-state index in [0.717, 1.165) is 18.3 Å². The van der Waals surface area contributed by atoms with Crippen molar-refractivity contribution in [1.29, 1.82) is 0 Å². The summed E-state index contributed by atoms with van der Waals surface area (Å²) >= 11 is 0. The van der Waals surface area contributed by atoms with Crippen LogP contribution in [0.1, 0.15) is 10.4 Å². The average Bonchev–Trinajstić information content (AvgIpc) is 2.23. The number of pyridine rings is 1. The molecule has 1 N–H and O–H groups in total. The van der Waals surface area contributed by atoms with E-state index >= 15 is 0 Å². The van der Waals surface area contributed by atoms with Crippen LogP contribution in [-0.2, 0) is 0 Å². The molecule has 1 aromatic heterocycles. The highest BCUT2D eigenvalue weighted by Gasteiger charge is 2.59. The molecule has 1 heterocycles. The Hall–Kier alpha value is -2.00. The number of carbonyl (C=O) groups is 1. The molecule has 0 spiro atoms. The van der Waals surface area contributed by atoms with Crippen LogP contribution < -0.4 is 4.74 Å². The quantitative estimate of drug-likeness (QED) is 0.869. The van der Waals surface area contributed by atoms with Crippen molar-refractivity contribution in [3.05, 3.63) is 23.9 Å². The molecule has 1 aromatic rings. The number of hydrogen-bond acceptors (Lipinski definition) is 3. The molecule has 0 radical (unpaired) electrons. The van der Waals surface area contributed by atoms with Crippen molar-refractivity contribution in [3.63, 3.8) is 0 Å². The molecule has 0 saturated heterocycles. The SMILES string of the molecule is O=C(O)c1cccnc1OC(C(F)(F)F)C(F)(F)F. The number of rotatable bonds is 3. The summed E-state index contributed by atoms with van der Waals surface area (Å²) < 4.78 is 77.0. The van der Waals surface area contributed by atoms with Gasteiger partial charge in [-0.05, 0) is 12.1 Å².